The standard InChI is InChI=1S/C6H14N2.2C2H4O2/c7-6(8)4-2-1-3-5-6;2*1-2(3)4/h1-5,7-8H2;2*1H3,(H,3,4). The SMILES string of the molecule is CC(=O)O.CC(=O)O.NC1(N)CCCCC1. The van der Waals surface area contributed by atoms with Crippen LogP contribution in [0.2, 0.25) is 0 Å². The predicted octanol–water partition coefficient (Wildman–Crippen LogP) is 0.746. The van der Waals surface area contributed by atoms with E-state index in [1.807, 2.05) is 0 Å². The molecular formula is C10H22N2O4. The van der Waals surface area contributed by atoms with Crippen LogP contribution in [0.25, 0.3) is 0 Å². The van der Waals surface area contributed by atoms with Crippen molar-refractivity contribution in [1.29, 1.82) is 0 Å². The first-order valence-corrected chi connectivity index (χ1v) is 5.14. The summed E-state index contributed by atoms with van der Waals surface area (Å²) in [5, 5.41) is 14.8. The van der Waals surface area contributed by atoms with E-state index >= 15 is 0 Å². The summed E-state index contributed by atoms with van der Waals surface area (Å²) < 4.78 is 0. The molecule has 0 aromatic rings. The van der Waals surface area contributed by atoms with Crippen molar-refractivity contribution in [2.75, 3.05) is 0 Å². The molecule has 1 fully saturated rings. The first-order valence-electron chi connectivity index (χ1n) is 5.14. The van der Waals surface area contributed by atoms with Crippen LogP contribution >= 0.6 is 0 Å². The van der Waals surface area contributed by atoms with E-state index in [0.29, 0.717) is 0 Å². The molecule has 1 aliphatic carbocycles. The molecule has 0 radical (unpaired) electrons. The van der Waals surface area contributed by atoms with Gasteiger partial charge in [-0.05, 0) is 12.8 Å². The number of carbonyl (C=O) groups is 2. The van der Waals surface area contributed by atoms with Gasteiger partial charge in [0.05, 0.1) is 5.66 Å². The van der Waals surface area contributed by atoms with Crippen LogP contribution in [0.15, 0.2) is 0 Å². The second-order valence-electron chi connectivity index (χ2n) is 3.83. The van der Waals surface area contributed by atoms with E-state index in [1.165, 1.54) is 19.3 Å². The van der Waals surface area contributed by atoms with Crippen LogP contribution in [-0.4, -0.2) is 27.8 Å². The lowest BCUT2D eigenvalue weighted by molar-refractivity contribution is -0.135. The lowest BCUT2D eigenvalue weighted by atomic mass is 9.91. The summed E-state index contributed by atoms with van der Waals surface area (Å²) >= 11 is 0. The van der Waals surface area contributed by atoms with Crippen LogP contribution in [0.3, 0.4) is 0 Å². The van der Waals surface area contributed by atoms with Crippen molar-refractivity contribution in [2.45, 2.75) is 51.6 Å². The van der Waals surface area contributed by atoms with Gasteiger partial charge in [0, 0.05) is 13.8 Å². The van der Waals surface area contributed by atoms with Gasteiger partial charge < -0.3 is 21.7 Å². The number of hydrogen-bond donors (Lipinski definition) is 4. The Kier molecular flexibility index (Phi) is 9.83. The van der Waals surface area contributed by atoms with Crippen LogP contribution in [-0.2, 0) is 9.59 Å². The molecule has 1 aliphatic rings. The monoisotopic (exact) mass is 234 g/mol. The summed E-state index contributed by atoms with van der Waals surface area (Å²) in [7, 11) is 0. The molecule has 0 aliphatic heterocycles. The van der Waals surface area contributed by atoms with Crippen molar-refractivity contribution in [1.82, 2.24) is 0 Å². The maximum absolute atomic E-state index is 9.00. The van der Waals surface area contributed by atoms with E-state index in [-0.39, 0.29) is 5.66 Å². The fourth-order valence-corrected chi connectivity index (χ4v) is 1.21. The summed E-state index contributed by atoms with van der Waals surface area (Å²) in [4.78, 5) is 18.0. The average molecular weight is 234 g/mol. The quantitative estimate of drug-likeness (QED) is 0.458. The molecule has 0 atom stereocenters. The zero-order valence-electron chi connectivity index (χ0n) is 9.90. The highest BCUT2D eigenvalue weighted by molar-refractivity contribution is 5.63. The maximum Gasteiger partial charge on any atom is 0.300 e. The number of hydrogen-bond acceptors (Lipinski definition) is 4. The molecule has 1 saturated carbocycles. The molecule has 0 bridgehead atoms. The summed E-state index contributed by atoms with van der Waals surface area (Å²) in [5.74, 6) is -1.67. The molecule has 6 nitrogen and oxygen atoms in total. The van der Waals surface area contributed by atoms with Crippen molar-refractivity contribution < 1.29 is 19.8 Å². The number of carboxylic acids is 2. The second kappa shape index (κ2) is 9.11. The van der Waals surface area contributed by atoms with Gasteiger partial charge in [0.1, 0.15) is 0 Å². The second-order valence-corrected chi connectivity index (χ2v) is 3.83. The Hall–Kier alpha value is -1.14. The Bertz CT molecular complexity index is 189. The summed E-state index contributed by atoms with van der Waals surface area (Å²) in [6.07, 6.45) is 5.76. The average Bonchev–Trinajstić information content (AvgIpc) is 2.00. The zero-order valence-corrected chi connectivity index (χ0v) is 9.90. The lowest BCUT2D eigenvalue weighted by Gasteiger charge is -2.28. The van der Waals surface area contributed by atoms with E-state index in [4.69, 9.17) is 31.3 Å². The van der Waals surface area contributed by atoms with E-state index < -0.39 is 11.9 Å². The minimum atomic E-state index is -0.833. The van der Waals surface area contributed by atoms with Crippen molar-refractivity contribution in [2.24, 2.45) is 11.5 Å². The van der Waals surface area contributed by atoms with Gasteiger partial charge in [-0.25, -0.2) is 0 Å². The summed E-state index contributed by atoms with van der Waals surface area (Å²) in [6.45, 7) is 2.17. The minimum Gasteiger partial charge on any atom is -0.481 e. The summed E-state index contributed by atoms with van der Waals surface area (Å²) in [5.41, 5.74) is 11.0. The van der Waals surface area contributed by atoms with Crippen LogP contribution in [0.4, 0.5) is 0 Å². The van der Waals surface area contributed by atoms with Crippen LogP contribution < -0.4 is 11.5 Å². The first kappa shape index (κ1) is 17.3. The van der Waals surface area contributed by atoms with Crippen LogP contribution in [0.5, 0.6) is 0 Å². The lowest BCUT2D eigenvalue weighted by Crippen LogP contribution is -2.50. The largest absolute Gasteiger partial charge is 0.481 e. The molecule has 6 heteroatoms. The molecule has 0 amide bonds. The first-order chi connectivity index (χ1) is 7.17. The Morgan fingerprint density at radius 3 is 1.31 bits per heavy atom. The molecule has 0 aromatic carbocycles. The molecule has 0 unspecified atom stereocenters. The van der Waals surface area contributed by atoms with Gasteiger partial charge in [-0.1, -0.05) is 19.3 Å². The molecule has 0 aromatic heterocycles. The topological polar surface area (TPSA) is 127 Å². The smallest absolute Gasteiger partial charge is 0.300 e. The highest BCUT2D eigenvalue weighted by Crippen LogP contribution is 2.20. The van der Waals surface area contributed by atoms with Gasteiger partial charge in [-0.2, -0.15) is 0 Å². The predicted molar refractivity (Wildman–Crippen MR) is 60.8 cm³/mol. The van der Waals surface area contributed by atoms with E-state index in [0.717, 1.165) is 26.7 Å². The van der Waals surface area contributed by atoms with Gasteiger partial charge in [0.25, 0.3) is 11.9 Å². The van der Waals surface area contributed by atoms with Gasteiger partial charge in [-0.15, -0.1) is 0 Å². The third kappa shape index (κ3) is 23.0. The Morgan fingerprint density at radius 2 is 1.19 bits per heavy atom. The molecule has 0 heterocycles. The van der Waals surface area contributed by atoms with Crippen LogP contribution in [0.1, 0.15) is 46.0 Å². The molecule has 1 rings (SSSR count). The summed E-state index contributed by atoms with van der Waals surface area (Å²) in [6, 6.07) is 0. The zero-order chi connectivity index (χ0) is 13.2. The van der Waals surface area contributed by atoms with E-state index in [1.54, 1.807) is 0 Å². The molecule has 16 heavy (non-hydrogen) atoms. The highest BCUT2D eigenvalue weighted by Gasteiger charge is 2.21. The van der Waals surface area contributed by atoms with Gasteiger partial charge in [-0.3, -0.25) is 9.59 Å². The van der Waals surface area contributed by atoms with Crippen molar-refractivity contribution in [3.8, 4) is 0 Å². The third-order valence-electron chi connectivity index (χ3n) is 1.78. The fraction of sp³-hybridized carbons (Fsp3) is 0.800. The van der Waals surface area contributed by atoms with Crippen LogP contribution in [0, 0.1) is 0 Å². The fourth-order valence-electron chi connectivity index (χ4n) is 1.21. The van der Waals surface area contributed by atoms with Crippen molar-refractivity contribution >= 4 is 11.9 Å². The highest BCUT2D eigenvalue weighted by atomic mass is 16.4. The van der Waals surface area contributed by atoms with Crippen molar-refractivity contribution in [3.63, 3.8) is 0 Å². The molecule has 0 spiro atoms. The third-order valence-corrected chi connectivity index (χ3v) is 1.78. The maximum atomic E-state index is 9.00. The molecule has 96 valence electrons. The number of carboxylic acid groups (broad SMARTS) is 2. The molecular weight excluding hydrogens is 212 g/mol. The Labute approximate surface area is 95.6 Å². The van der Waals surface area contributed by atoms with Gasteiger partial charge >= 0.3 is 0 Å². The molecule has 0 saturated heterocycles. The van der Waals surface area contributed by atoms with Gasteiger partial charge in [0.2, 0.25) is 0 Å². The van der Waals surface area contributed by atoms with E-state index in [2.05, 4.69) is 0 Å². The van der Waals surface area contributed by atoms with Crippen molar-refractivity contribution in [3.05, 3.63) is 0 Å². The molecule has 6 N–H and O–H groups in total. The minimum absolute atomic E-state index is 0.321. The van der Waals surface area contributed by atoms with Gasteiger partial charge in [0.15, 0.2) is 0 Å². The number of rotatable bonds is 0. The van der Waals surface area contributed by atoms with E-state index in [9.17, 15) is 0 Å². The normalized spacial score (nSPS) is 17.0. The number of nitrogens with two attached hydrogens (primary N) is 2. The number of aliphatic carboxylic acids is 2. The Balaban J connectivity index is 0. The Morgan fingerprint density at radius 1 is 0.938 bits per heavy atom.